The molecular formula is C13H23N3. The molecule has 16 heavy (non-hydrogen) atoms. The van der Waals surface area contributed by atoms with E-state index in [0.29, 0.717) is 0 Å². The zero-order chi connectivity index (χ0) is 11.8. The molecule has 1 heterocycles. The third-order valence-electron chi connectivity index (χ3n) is 2.54. The highest BCUT2D eigenvalue weighted by Crippen LogP contribution is 2.09. The zero-order valence-corrected chi connectivity index (χ0v) is 10.5. The molecule has 1 N–H and O–H groups in total. The number of aryl methyl sites for hydroxylation is 1. The molecule has 1 aromatic rings. The molecular weight excluding hydrogens is 198 g/mol. The summed E-state index contributed by atoms with van der Waals surface area (Å²) in [6.45, 7) is 9.82. The molecule has 0 spiro atoms. The Morgan fingerprint density at radius 1 is 1.44 bits per heavy atom. The van der Waals surface area contributed by atoms with Crippen LogP contribution in [0, 0.1) is 6.92 Å². The molecule has 3 heteroatoms. The maximum absolute atomic E-state index is 4.45. The number of rotatable bonds is 8. The SMILES string of the molecule is C=CCn1cc(C)nc1NCCCCCC. The molecule has 0 aromatic carbocycles. The van der Waals surface area contributed by atoms with Gasteiger partial charge in [0.05, 0.1) is 5.69 Å². The highest BCUT2D eigenvalue weighted by atomic mass is 15.2. The summed E-state index contributed by atoms with van der Waals surface area (Å²) >= 11 is 0. The smallest absolute Gasteiger partial charge is 0.203 e. The van der Waals surface area contributed by atoms with Crippen LogP contribution in [0.1, 0.15) is 38.3 Å². The Morgan fingerprint density at radius 3 is 2.94 bits per heavy atom. The number of imidazole rings is 1. The van der Waals surface area contributed by atoms with E-state index in [1.165, 1.54) is 25.7 Å². The molecule has 0 saturated carbocycles. The van der Waals surface area contributed by atoms with Crippen molar-refractivity contribution in [3.05, 3.63) is 24.5 Å². The van der Waals surface area contributed by atoms with Crippen LogP contribution in [-0.4, -0.2) is 16.1 Å². The lowest BCUT2D eigenvalue weighted by Gasteiger charge is -2.07. The van der Waals surface area contributed by atoms with Crippen LogP contribution >= 0.6 is 0 Å². The van der Waals surface area contributed by atoms with Gasteiger partial charge in [-0.05, 0) is 13.3 Å². The topological polar surface area (TPSA) is 29.9 Å². The number of unbranched alkanes of at least 4 members (excludes halogenated alkanes) is 3. The standard InChI is InChI=1S/C13H23N3/c1-4-6-7-8-9-14-13-15-12(3)11-16(13)10-5-2/h5,11H,2,4,6-10H2,1,3H3,(H,14,15). The van der Waals surface area contributed by atoms with Gasteiger partial charge in [-0.1, -0.05) is 32.3 Å². The third-order valence-corrected chi connectivity index (χ3v) is 2.54. The summed E-state index contributed by atoms with van der Waals surface area (Å²) in [6.07, 6.45) is 9.06. The fourth-order valence-corrected chi connectivity index (χ4v) is 1.72. The number of anilines is 1. The molecule has 0 radical (unpaired) electrons. The van der Waals surface area contributed by atoms with Crippen molar-refractivity contribution in [3.63, 3.8) is 0 Å². The van der Waals surface area contributed by atoms with E-state index in [9.17, 15) is 0 Å². The summed E-state index contributed by atoms with van der Waals surface area (Å²) in [7, 11) is 0. The Labute approximate surface area is 98.6 Å². The predicted molar refractivity (Wildman–Crippen MR) is 69.8 cm³/mol. The maximum Gasteiger partial charge on any atom is 0.203 e. The van der Waals surface area contributed by atoms with Gasteiger partial charge in [0.2, 0.25) is 5.95 Å². The van der Waals surface area contributed by atoms with E-state index in [4.69, 9.17) is 0 Å². The highest BCUT2D eigenvalue weighted by Gasteiger charge is 2.02. The second-order valence-corrected chi connectivity index (χ2v) is 4.13. The Morgan fingerprint density at radius 2 is 2.25 bits per heavy atom. The van der Waals surface area contributed by atoms with Gasteiger partial charge in [-0.2, -0.15) is 0 Å². The molecule has 0 bridgehead atoms. The minimum atomic E-state index is 0.818. The van der Waals surface area contributed by atoms with Crippen LogP contribution in [0.4, 0.5) is 5.95 Å². The molecule has 0 atom stereocenters. The number of nitrogens with one attached hydrogen (secondary N) is 1. The summed E-state index contributed by atoms with van der Waals surface area (Å²) in [4.78, 5) is 4.45. The molecule has 0 aliphatic heterocycles. The Kier molecular flexibility index (Phi) is 5.68. The van der Waals surface area contributed by atoms with Crippen LogP contribution in [0.2, 0.25) is 0 Å². The molecule has 0 saturated heterocycles. The minimum Gasteiger partial charge on any atom is -0.356 e. The van der Waals surface area contributed by atoms with Crippen molar-refractivity contribution in [3.8, 4) is 0 Å². The van der Waals surface area contributed by atoms with Gasteiger partial charge in [-0.3, -0.25) is 0 Å². The molecule has 3 nitrogen and oxygen atoms in total. The van der Waals surface area contributed by atoms with Crippen LogP contribution in [0.3, 0.4) is 0 Å². The number of nitrogens with zero attached hydrogens (tertiary/aromatic N) is 2. The molecule has 0 fully saturated rings. The number of hydrogen-bond donors (Lipinski definition) is 1. The van der Waals surface area contributed by atoms with Crippen molar-refractivity contribution < 1.29 is 0 Å². The summed E-state index contributed by atoms with van der Waals surface area (Å²) < 4.78 is 2.10. The lowest BCUT2D eigenvalue weighted by Crippen LogP contribution is -2.08. The van der Waals surface area contributed by atoms with Gasteiger partial charge < -0.3 is 9.88 Å². The van der Waals surface area contributed by atoms with Crippen LogP contribution in [-0.2, 0) is 6.54 Å². The van der Waals surface area contributed by atoms with Crippen LogP contribution in [0.25, 0.3) is 0 Å². The summed E-state index contributed by atoms with van der Waals surface area (Å²) in [5.74, 6) is 0.967. The number of hydrogen-bond acceptors (Lipinski definition) is 2. The van der Waals surface area contributed by atoms with Crippen LogP contribution in [0.5, 0.6) is 0 Å². The van der Waals surface area contributed by atoms with Gasteiger partial charge in [0, 0.05) is 19.3 Å². The van der Waals surface area contributed by atoms with Crippen molar-refractivity contribution in [1.29, 1.82) is 0 Å². The van der Waals surface area contributed by atoms with E-state index in [-0.39, 0.29) is 0 Å². The van der Waals surface area contributed by atoms with Crippen LogP contribution in [0.15, 0.2) is 18.9 Å². The van der Waals surface area contributed by atoms with E-state index in [0.717, 1.165) is 24.7 Å². The highest BCUT2D eigenvalue weighted by molar-refractivity contribution is 5.28. The first kappa shape index (κ1) is 12.8. The van der Waals surface area contributed by atoms with Gasteiger partial charge in [-0.15, -0.1) is 6.58 Å². The summed E-state index contributed by atoms with van der Waals surface area (Å²) in [5.41, 5.74) is 1.05. The van der Waals surface area contributed by atoms with Gasteiger partial charge in [0.15, 0.2) is 0 Å². The quantitative estimate of drug-likeness (QED) is 0.539. The molecule has 0 unspecified atom stereocenters. The average Bonchev–Trinajstić information content (AvgIpc) is 2.59. The monoisotopic (exact) mass is 221 g/mol. The second kappa shape index (κ2) is 7.09. The predicted octanol–water partition coefficient (Wildman–Crippen LogP) is 3.37. The Hall–Kier alpha value is -1.25. The first-order valence-electron chi connectivity index (χ1n) is 6.16. The van der Waals surface area contributed by atoms with Crippen molar-refractivity contribution in [2.24, 2.45) is 0 Å². The first-order chi connectivity index (χ1) is 7.77. The fourth-order valence-electron chi connectivity index (χ4n) is 1.72. The number of allylic oxidation sites excluding steroid dienone is 1. The average molecular weight is 221 g/mol. The van der Waals surface area contributed by atoms with E-state index < -0.39 is 0 Å². The zero-order valence-electron chi connectivity index (χ0n) is 10.5. The van der Waals surface area contributed by atoms with Crippen LogP contribution < -0.4 is 5.32 Å². The molecule has 0 aliphatic rings. The van der Waals surface area contributed by atoms with Crippen molar-refractivity contribution in [1.82, 2.24) is 9.55 Å². The van der Waals surface area contributed by atoms with Crippen molar-refractivity contribution >= 4 is 5.95 Å². The third kappa shape index (κ3) is 4.09. The molecule has 1 aromatic heterocycles. The molecule has 0 amide bonds. The largest absolute Gasteiger partial charge is 0.356 e. The Balaban J connectivity index is 2.37. The van der Waals surface area contributed by atoms with Crippen molar-refractivity contribution in [2.75, 3.05) is 11.9 Å². The fraction of sp³-hybridized carbons (Fsp3) is 0.615. The molecule has 1 rings (SSSR count). The molecule has 90 valence electrons. The second-order valence-electron chi connectivity index (χ2n) is 4.13. The number of aromatic nitrogens is 2. The van der Waals surface area contributed by atoms with Gasteiger partial charge in [0.25, 0.3) is 0 Å². The molecule has 0 aliphatic carbocycles. The van der Waals surface area contributed by atoms with E-state index in [1.807, 2.05) is 13.0 Å². The van der Waals surface area contributed by atoms with Gasteiger partial charge >= 0.3 is 0 Å². The normalized spacial score (nSPS) is 10.4. The van der Waals surface area contributed by atoms with E-state index in [2.05, 4.69) is 34.6 Å². The first-order valence-corrected chi connectivity index (χ1v) is 6.16. The van der Waals surface area contributed by atoms with Gasteiger partial charge in [0.1, 0.15) is 0 Å². The van der Waals surface area contributed by atoms with Crippen molar-refractivity contribution in [2.45, 2.75) is 46.1 Å². The summed E-state index contributed by atoms with van der Waals surface area (Å²) in [6, 6.07) is 0. The van der Waals surface area contributed by atoms with Gasteiger partial charge in [-0.25, -0.2) is 4.98 Å². The Bertz CT molecular complexity index is 315. The van der Waals surface area contributed by atoms with E-state index in [1.54, 1.807) is 0 Å². The lowest BCUT2D eigenvalue weighted by atomic mass is 10.2. The maximum atomic E-state index is 4.45. The van der Waals surface area contributed by atoms with E-state index >= 15 is 0 Å². The lowest BCUT2D eigenvalue weighted by molar-refractivity contribution is 0.680. The summed E-state index contributed by atoms with van der Waals surface area (Å²) in [5, 5.41) is 3.38. The minimum absolute atomic E-state index is 0.818.